The minimum atomic E-state index is -0.0721. The number of rotatable bonds is 5. The Morgan fingerprint density at radius 1 is 1.07 bits per heavy atom. The minimum Gasteiger partial charge on any atom is -0.439 e. The number of nitrogens with one attached hydrogen (secondary N) is 1. The van der Waals surface area contributed by atoms with Crippen LogP contribution in [0, 0.1) is 0 Å². The molecule has 4 rings (SSSR count). The van der Waals surface area contributed by atoms with E-state index in [0.29, 0.717) is 17.6 Å². The second kappa shape index (κ2) is 9.17. The molecule has 2 saturated heterocycles. The van der Waals surface area contributed by atoms with Gasteiger partial charge in [-0.25, -0.2) is 4.98 Å². The number of benzene rings is 1. The fourth-order valence-electron chi connectivity index (χ4n) is 4.04. The van der Waals surface area contributed by atoms with Crippen molar-refractivity contribution in [2.24, 2.45) is 0 Å². The predicted molar refractivity (Wildman–Crippen MR) is 108 cm³/mol. The lowest BCUT2D eigenvalue weighted by Gasteiger charge is -2.41. The molecule has 0 aliphatic carbocycles. The van der Waals surface area contributed by atoms with Gasteiger partial charge in [-0.15, -0.1) is 0 Å². The molecular formula is C22H27N3O3. The number of piperidine rings is 1. The monoisotopic (exact) mass is 381 g/mol. The number of aromatic nitrogens is 1. The van der Waals surface area contributed by atoms with Gasteiger partial charge >= 0.3 is 0 Å². The first-order valence-corrected chi connectivity index (χ1v) is 10.1. The molecule has 6 nitrogen and oxygen atoms in total. The van der Waals surface area contributed by atoms with Crippen LogP contribution in [0.1, 0.15) is 32.1 Å². The van der Waals surface area contributed by atoms with Crippen molar-refractivity contribution in [1.82, 2.24) is 9.88 Å². The standard InChI is InChI=1S/C22H27N3O3/c26-22(20-8-4-5-13-25(20)18-11-14-27-15-12-18)24-17-9-10-21(23-16-17)28-19-6-2-1-3-7-19/h1-3,6-7,9-10,16,18,20H,4-5,8,11-15H2,(H,24,26). The number of hydrogen-bond donors (Lipinski definition) is 1. The Kier molecular flexibility index (Phi) is 6.19. The highest BCUT2D eigenvalue weighted by Crippen LogP contribution is 2.26. The van der Waals surface area contributed by atoms with Gasteiger partial charge in [-0.1, -0.05) is 24.6 Å². The van der Waals surface area contributed by atoms with Crippen molar-refractivity contribution in [1.29, 1.82) is 0 Å². The molecule has 1 aromatic carbocycles. The highest BCUT2D eigenvalue weighted by atomic mass is 16.5. The van der Waals surface area contributed by atoms with E-state index in [2.05, 4.69) is 15.2 Å². The predicted octanol–water partition coefficient (Wildman–Crippen LogP) is 3.85. The van der Waals surface area contributed by atoms with Gasteiger partial charge in [0, 0.05) is 25.3 Å². The van der Waals surface area contributed by atoms with Gasteiger partial charge in [0.15, 0.2) is 0 Å². The first-order valence-electron chi connectivity index (χ1n) is 10.1. The van der Waals surface area contributed by atoms with E-state index in [9.17, 15) is 4.79 Å². The van der Waals surface area contributed by atoms with Crippen LogP contribution in [0.4, 0.5) is 5.69 Å². The number of carbonyl (C=O) groups is 1. The number of likely N-dealkylation sites (tertiary alicyclic amines) is 1. The summed E-state index contributed by atoms with van der Waals surface area (Å²) < 4.78 is 11.2. The van der Waals surface area contributed by atoms with Crippen LogP contribution < -0.4 is 10.1 Å². The Bertz CT molecular complexity index is 760. The zero-order valence-corrected chi connectivity index (χ0v) is 16.0. The third-order valence-electron chi connectivity index (χ3n) is 5.48. The molecule has 2 aliphatic rings. The van der Waals surface area contributed by atoms with Gasteiger partial charge in [-0.3, -0.25) is 9.69 Å². The molecule has 148 valence electrons. The smallest absolute Gasteiger partial charge is 0.241 e. The number of nitrogens with zero attached hydrogens (tertiary/aromatic N) is 2. The number of carbonyl (C=O) groups excluding carboxylic acids is 1. The summed E-state index contributed by atoms with van der Waals surface area (Å²) in [5.41, 5.74) is 0.697. The third kappa shape index (κ3) is 4.69. The van der Waals surface area contributed by atoms with Crippen LogP contribution in [0.5, 0.6) is 11.6 Å². The molecule has 1 atom stereocenters. The maximum atomic E-state index is 13.0. The summed E-state index contributed by atoms with van der Waals surface area (Å²) in [7, 11) is 0. The van der Waals surface area contributed by atoms with E-state index in [0.717, 1.165) is 57.6 Å². The van der Waals surface area contributed by atoms with Crippen molar-refractivity contribution in [3.05, 3.63) is 48.7 Å². The summed E-state index contributed by atoms with van der Waals surface area (Å²) in [5.74, 6) is 1.30. The van der Waals surface area contributed by atoms with E-state index in [1.165, 1.54) is 0 Å². The number of hydrogen-bond acceptors (Lipinski definition) is 5. The molecule has 1 amide bonds. The zero-order valence-electron chi connectivity index (χ0n) is 16.0. The number of pyridine rings is 1. The van der Waals surface area contributed by atoms with Crippen LogP contribution in [0.25, 0.3) is 0 Å². The van der Waals surface area contributed by atoms with Gasteiger partial charge in [0.25, 0.3) is 0 Å². The maximum absolute atomic E-state index is 13.0. The van der Waals surface area contributed by atoms with Gasteiger partial charge in [0.1, 0.15) is 5.75 Å². The average molecular weight is 381 g/mol. The summed E-state index contributed by atoms with van der Waals surface area (Å²) in [4.78, 5) is 19.7. The summed E-state index contributed by atoms with van der Waals surface area (Å²) in [6.07, 6.45) is 6.84. The molecule has 1 aromatic heterocycles. The van der Waals surface area contributed by atoms with Crippen molar-refractivity contribution in [2.75, 3.05) is 25.1 Å². The fraction of sp³-hybridized carbons (Fsp3) is 0.455. The zero-order chi connectivity index (χ0) is 19.2. The highest BCUT2D eigenvalue weighted by molar-refractivity contribution is 5.94. The Morgan fingerprint density at radius 2 is 1.89 bits per heavy atom. The lowest BCUT2D eigenvalue weighted by atomic mass is 9.96. The van der Waals surface area contributed by atoms with Crippen molar-refractivity contribution in [3.63, 3.8) is 0 Å². The molecule has 2 aromatic rings. The summed E-state index contributed by atoms with van der Waals surface area (Å²) in [6, 6.07) is 13.5. The topological polar surface area (TPSA) is 63.7 Å². The van der Waals surface area contributed by atoms with E-state index >= 15 is 0 Å². The maximum Gasteiger partial charge on any atom is 0.241 e. The van der Waals surface area contributed by atoms with Crippen molar-refractivity contribution in [2.45, 2.75) is 44.2 Å². The van der Waals surface area contributed by atoms with Crippen LogP contribution >= 0.6 is 0 Å². The van der Waals surface area contributed by atoms with Gasteiger partial charge in [0.05, 0.1) is 17.9 Å². The summed E-state index contributed by atoms with van der Waals surface area (Å²) in [6.45, 7) is 2.58. The second-order valence-corrected chi connectivity index (χ2v) is 7.38. The molecule has 0 radical (unpaired) electrons. The molecule has 3 heterocycles. The lowest BCUT2D eigenvalue weighted by Crippen LogP contribution is -2.53. The summed E-state index contributed by atoms with van der Waals surface area (Å²) in [5, 5.41) is 3.04. The SMILES string of the molecule is O=C(Nc1ccc(Oc2ccccc2)nc1)C1CCCCN1C1CCOCC1. The first kappa shape index (κ1) is 18.9. The fourth-order valence-corrected chi connectivity index (χ4v) is 4.04. The second-order valence-electron chi connectivity index (χ2n) is 7.38. The molecular weight excluding hydrogens is 354 g/mol. The molecule has 1 unspecified atom stereocenters. The van der Waals surface area contributed by atoms with Gasteiger partial charge in [-0.05, 0) is 50.4 Å². The summed E-state index contributed by atoms with van der Waals surface area (Å²) >= 11 is 0. The van der Waals surface area contributed by atoms with Gasteiger partial charge in [-0.2, -0.15) is 0 Å². The molecule has 1 N–H and O–H groups in total. The Morgan fingerprint density at radius 3 is 2.64 bits per heavy atom. The molecule has 0 bridgehead atoms. The quantitative estimate of drug-likeness (QED) is 0.852. The largest absolute Gasteiger partial charge is 0.439 e. The molecule has 28 heavy (non-hydrogen) atoms. The average Bonchev–Trinajstić information content (AvgIpc) is 2.76. The number of ether oxygens (including phenoxy) is 2. The molecule has 6 heteroatoms. The van der Waals surface area contributed by atoms with Gasteiger partial charge < -0.3 is 14.8 Å². The number of amides is 1. The van der Waals surface area contributed by atoms with E-state index < -0.39 is 0 Å². The highest BCUT2D eigenvalue weighted by Gasteiger charge is 2.34. The van der Waals surface area contributed by atoms with Crippen LogP contribution in [-0.4, -0.2) is 47.6 Å². The minimum absolute atomic E-state index is 0.0599. The van der Waals surface area contributed by atoms with E-state index in [1.807, 2.05) is 36.4 Å². The number of anilines is 1. The van der Waals surface area contributed by atoms with E-state index in [4.69, 9.17) is 9.47 Å². The van der Waals surface area contributed by atoms with E-state index in [-0.39, 0.29) is 11.9 Å². The van der Waals surface area contributed by atoms with Crippen LogP contribution in [0.2, 0.25) is 0 Å². The van der Waals surface area contributed by atoms with Crippen molar-refractivity contribution >= 4 is 11.6 Å². The van der Waals surface area contributed by atoms with Crippen LogP contribution in [-0.2, 0) is 9.53 Å². The van der Waals surface area contributed by atoms with Crippen molar-refractivity contribution in [3.8, 4) is 11.6 Å². The third-order valence-corrected chi connectivity index (χ3v) is 5.48. The molecule has 0 saturated carbocycles. The Labute approximate surface area is 165 Å². The molecule has 2 fully saturated rings. The normalized spacial score (nSPS) is 21.2. The number of para-hydroxylation sites is 1. The van der Waals surface area contributed by atoms with Crippen LogP contribution in [0.3, 0.4) is 0 Å². The lowest BCUT2D eigenvalue weighted by molar-refractivity contribution is -0.124. The Hall–Kier alpha value is -2.44. The first-order chi connectivity index (χ1) is 13.8. The van der Waals surface area contributed by atoms with Crippen molar-refractivity contribution < 1.29 is 14.3 Å². The van der Waals surface area contributed by atoms with E-state index in [1.54, 1.807) is 12.3 Å². The Balaban J connectivity index is 1.37. The van der Waals surface area contributed by atoms with Gasteiger partial charge in [0.2, 0.25) is 11.8 Å². The molecule has 2 aliphatic heterocycles. The van der Waals surface area contributed by atoms with Crippen LogP contribution in [0.15, 0.2) is 48.7 Å². The molecule has 0 spiro atoms.